The number of benzene rings is 1. The Morgan fingerprint density at radius 1 is 1.41 bits per heavy atom. The smallest absolute Gasteiger partial charge is 0.303 e. The van der Waals surface area contributed by atoms with Gasteiger partial charge in [0.05, 0.1) is 0 Å². The summed E-state index contributed by atoms with van der Waals surface area (Å²) in [5.41, 5.74) is 2.83. The Hall–Kier alpha value is -1.35. The predicted octanol–water partition coefficient (Wildman–Crippen LogP) is 2.30. The van der Waals surface area contributed by atoms with Crippen LogP contribution in [0.3, 0.4) is 0 Å². The molecule has 0 fully saturated rings. The van der Waals surface area contributed by atoms with Crippen molar-refractivity contribution in [3.8, 4) is 0 Å². The van der Waals surface area contributed by atoms with Crippen LogP contribution in [0.2, 0.25) is 0 Å². The summed E-state index contributed by atoms with van der Waals surface area (Å²) in [5.74, 6) is -0.699. The molecule has 0 saturated carbocycles. The van der Waals surface area contributed by atoms with Gasteiger partial charge in [0.2, 0.25) is 0 Å². The molecule has 1 aliphatic rings. The molecule has 0 amide bonds. The Morgan fingerprint density at radius 2 is 2.12 bits per heavy atom. The molecular formula is C14H19NO2. The van der Waals surface area contributed by atoms with E-state index in [1.807, 2.05) is 0 Å². The van der Waals surface area contributed by atoms with Crippen molar-refractivity contribution < 1.29 is 9.90 Å². The first kappa shape index (κ1) is 12.1. The monoisotopic (exact) mass is 233 g/mol. The normalized spacial score (nSPS) is 19.9. The van der Waals surface area contributed by atoms with Crippen LogP contribution in [0.25, 0.3) is 0 Å². The van der Waals surface area contributed by atoms with Gasteiger partial charge >= 0.3 is 5.97 Å². The zero-order valence-corrected chi connectivity index (χ0v) is 10.2. The average Bonchev–Trinajstić information content (AvgIpc) is 2.29. The summed E-state index contributed by atoms with van der Waals surface area (Å²) in [6.45, 7) is 4.05. The summed E-state index contributed by atoms with van der Waals surface area (Å²) < 4.78 is 0. The second-order valence-corrected chi connectivity index (χ2v) is 4.79. The van der Waals surface area contributed by atoms with Crippen LogP contribution in [0, 0.1) is 0 Å². The summed E-state index contributed by atoms with van der Waals surface area (Å²) in [6.07, 6.45) is 2.08. The quantitative estimate of drug-likeness (QED) is 0.867. The number of carboxylic acid groups (broad SMARTS) is 1. The number of nitrogens with zero attached hydrogens (tertiary/aromatic N) is 1. The van der Waals surface area contributed by atoms with Crippen LogP contribution in [-0.2, 0) is 17.8 Å². The van der Waals surface area contributed by atoms with Gasteiger partial charge in [-0.1, -0.05) is 24.3 Å². The fraction of sp³-hybridized carbons (Fsp3) is 0.500. The molecule has 92 valence electrons. The largest absolute Gasteiger partial charge is 0.481 e. The third-order valence-electron chi connectivity index (χ3n) is 3.47. The molecule has 1 N–H and O–H groups in total. The van der Waals surface area contributed by atoms with Gasteiger partial charge in [-0.3, -0.25) is 9.69 Å². The van der Waals surface area contributed by atoms with Crippen LogP contribution in [0.15, 0.2) is 24.3 Å². The summed E-state index contributed by atoms with van der Waals surface area (Å²) in [4.78, 5) is 12.9. The first-order chi connectivity index (χ1) is 8.16. The molecule has 1 aromatic carbocycles. The molecule has 1 heterocycles. The Morgan fingerprint density at radius 3 is 2.82 bits per heavy atom. The molecule has 0 aromatic heterocycles. The van der Waals surface area contributed by atoms with E-state index in [0.29, 0.717) is 6.04 Å². The fourth-order valence-corrected chi connectivity index (χ4v) is 2.47. The number of hydrogen-bond donors (Lipinski definition) is 1. The third kappa shape index (κ3) is 3.07. The van der Waals surface area contributed by atoms with Crippen LogP contribution in [0.4, 0.5) is 0 Å². The van der Waals surface area contributed by atoms with Crippen LogP contribution in [-0.4, -0.2) is 28.6 Å². The molecule has 17 heavy (non-hydrogen) atoms. The van der Waals surface area contributed by atoms with Gasteiger partial charge in [0, 0.05) is 19.0 Å². The lowest BCUT2D eigenvalue weighted by Gasteiger charge is -2.34. The maximum atomic E-state index is 10.5. The molecule has 1 aromatic rings. The minimum atomic E-state index is -0.699. The standard InChI is InChI=1S/C14H19NO2/c1-11-9-12-5-2-3-6-13(12)10-15(11)8-4-7-14(16)17/h2-3,5-6,11H,4,7-10H2,1H3,(H,16,17)/t11-/m1/s1. The van der Waals surface area contributed by atoms with E-state index in [9.17, 15) is 4.79 Å². The predicted molar refractivity (Wildman–Crippen MR) is 66.9 cm³/mol. The van der Waals surface area contributed by atoms with Crippen molar-refractivity contribution in [2.45, 2.75) is 38.8 Å². The van der Waals surface area contributed by atoms with Gasteiger partial charge in [-0.15, -0.1) is 0 Å². The Kier molecular flexibility index (Phi) is 3.79. The highest BCUT2D eigenvalue weighted by molar-refractivity contribution is 5.66. The number of hydrogen-bond acceptors (Lipinski definition) is 2. The Bertz CT molecular complexity index is 403. The van der Waals surface area contributed by atoms with Gasteiger partial charge in [0.25, 0.3) is 0 Å². The molecule has 0 aliphatic carbocycles. The van der Waals surface area contributed by atoms with Crippen molar-refractivity contribution in [2.75, 3.05) is 6.54 Å². The molecular weight excluding hydrogens is 214 g/mol. The van der Waals surface area contributed by atoms with E-state index in [0.717, 1.165) is 25.9 Å². The molecule has 3 nitrogen and oxygen atoms in total. The fourth-order valence-electron chi connectivity index (χ4n) is 2.47. The van der Waals surface area contributed by atoms with Crippen molar-refractivity contribution in [3.63, 3.8) is 0 Å². The summed E-state index contributed by atoms with van der Waals surface area (Å²) >= 11 is 0. The van der Waals surface area contributed by atoms with Gasteiger partial charge < -0.3 is 5.11 Å². The highest BCUT2D eigenvalue weighted by Gasteiger charge is 2.21. The molecule has 1 atom stereocenters. The van der Waals surface area contributed by atoms with Crippen molar-refractivity contribution >= 4 is 5.97 Å². The van der Waals surface area contributed by atoms with E-state index < -0.39 is 5.97 Å². The number of fused-ring (bicyclic) bond motifs is 1. The van der Waals surface area contributed by atoms with Crippen molar-refractivity contribution in [1.82, 2.24) is 4.90 Å². The van der Waals surface area contributed by atoms with Gasteiger partial charge in [0.15, 0.2) is 0 Å². The lowest BCUT2D eigenvalue weighted by atomic mass is 9.95. The van der Waals surface area contributed by atoms with Gasteiger partial charge in [-0.05, 0) is 37.4 Å². The van der Waals surface area contributed by atoms with Gasteiger partial charge in [0.1, 0.15) is 0 Å². The average molecular weight is 233 g/mol. The number of carbonyl (C=O) groups is 1. The molecule has 0 radical (unpaired) electrons. The SMILES string of the molecule is C[C@@H]1Cc2ccccc2CN1CCCC(=O)O. The maximum Gasteiger partial charge on any atom is 0.303 e. The minimum absolute atomic E-state index is 0.269. The Balaban J connectivity index is 1.95. The van der Waals surface area contributed by atoms with Crippen molar-refractivity contribution in [2.24, 2.45) is 0 Å². The van der Waals surface area contributed by atoms with Crippen LogP contribution in [0.1, 0.15) is 30.9 Å². The van der Waals surface area contributed by atoms with Gasteiger partial charge in [-0.2, -0.15) is 0 Å². The topological polar surface area (TPSA) is 40.5 Å². The van der Waals surface area contributed by atoms with E-state index in [-0.39, 0.29) is 6.42 Å². The summed E-state index contributed by atoms with van der Waals surface area (Å²) in [5, 5.41) is 8.65. The third-order valence-corrected chi connectivity index (χ3v) is 3.47. The van der Waals surface area contributed by atoms with E-state index in [4.69, 9.17) is 5.11 Å². The lowest BCUT2D eigenvalue weighted by Crippen LogP contribution is -2.39. The molecule has 1 aliphatic heterocycles. The van der Waals surface area contributed by atoms with Crippen LogP contribution < -0.4 is 0 Å². The molecule has 0 saturated heterocycles. The second-order valence-electron chi connectivity index (χ2n) is 4.79. The van der Waals surface area contributed by atoms with E-state index in [2.05, 4.69) is 36.1 Å². The number of carboxylic acids is 1. The summed E-state index contributed by atoms with van der Waals surface area (Å²) in [7, 11) is 0. The first-order valence-electron chi connectivity index (χ1n) is 6.19. The lowest BCUT2D eigenvalue weighted by molar-refractivity contribution is -0.137. The number of aliphatic carboxylic acids is 1. The molecule has 0 bridgehead atoms. The maximum absolute atomic E-state index is 10.5. The highest BCUT2D eigenvalue weighted by Crippen LogP contribution is 2.23. The van der Waals surface area contributed by atoms with E-state index >= 15 is 0 Å². The van der Waals surface area contributed by atoms with Crippen molar-refractivity contribution in [3.05, 3.63) is 35.4 Å². The zero-order valence-electron chi connectivity index (χ0n) is 10.2. The molecule has 0 unspecified atom stereocenters. The second kappa shape index (κ2) is 5.32. The van der Waals surface area contributed by atoms with E-state index in [1.54, 1.807) is 0 Å². The Labute approximate surface area is 102 Å². The van der Waals surface area contributed by atoms with Crippen LogP contribution in [0.5, 0.6) is 0 Å². The highest BCUT2D eigenvalue weighted by atomic mass is 16.4. The molecule has 2 rings (SSSR count). The van der Waals surface area contributed by atoms with Gasteiger partial charge in [-0.25, -0.2) is 0 Å². The van der Waals surface area contributed by atoms with Crippen molar-refractivity contribution in [1.29, 1.82) is 0 Å². The zero-order chi connectivity index (χ0) is 12.3. The number of rotatable bonds is 4. The minimum Gasteiger partial charge on any atom is -0.481 e. The molecule has 0 spiro atoms. The first-order valence-corrected chi connectivity index (χ1v) is 6.19. The summed E-state index contributed by atoms with van der Waals surface area (Å²) in [6, 6.07) is 9.04. The molecule has 3 heteroatoms. The van der Waals surface area contributed by atoms with Crippen LogP contribution >= 0.6 is 0 Å². The van der Waals surface area contributed by atoms with E-state index in [1.165, 1.54) is 11.1 Å².